The van der Waals surface area contributed by atoms with E-state index in [1.54, 1.807) is 6.33 Å². The molecule has 1 aromatic rings. The first-order valence-electron chi connectivity index (χ1n) is 8.29. The molecular weight excluding hydrogens is 262 g/mol. The summed E-state index contributed by atoms with van der Waals surface area (Å²) in [5.41, 5.74) is -0.248. The van der Waals surface area contributed by atoms with E-state index < -0.39 is 5.60 Å². The Hall–Kier alpha value is -0.900. The van der Waals surface area contributed by atoms with Crippen molar-refractivity contribution in [2.45, 2.75) is 78.9 Å². The van der Waals surface area contributed by atoms with Gasteiger partial charge in [0.15, 0.2) is 0 Å². The Labute approximate surface area is 129 Å². The largest absolute Gasteiger partial charge is 0.389 e. The highest BCUT2D eigenvalue weighted by atomic mass is 16.3. The average molecular weight is 293 g/mol. The molecule has 0 amide bonds. The molecule has 1 aromatic heterocycles. The molecule has 120 valence electrons. The number of hydrogen-bond donors (Lipinski definition) is 1. The Balaban J connectivity index is 1.99. The minimum atomic E-state index is -0.594. The van der Waals surface area contributed by atoms with Gasteiger partial charge in [0.1, 0.15) is 12.2 Å². The molecule has 1 aliphatic rings. The van der Waals surface area contributed by atoms with E-state index in [2.05, 4.69) is 44.7 Å². The second-order valence-corrected chi connectivity index (χ2v) is 8.29. The summed E-state index contributed by atoms with van der Waals surface area (Å²) in [5.74, 6) is 2.18. The van der Waals surface area contributed by atoms with Crippen LogP contribution in [0, 0.1) is 17.3 Å². The fraction of sp³-hybridized carbons (Fsp3) is 0.882. The minimum Gasteiger partial charge on any atom is -0.389 e. The molecule has 0 unspecified atom stereocenters. The smallest absolute Gasteiger partial charge is 0.138 e. The summed E-state index contributed by atoms with van der Waals surface area (Å²) in [4.78, 5) is 4.37. The van der Waals surface area contributed by atoms with Gasteiger partial charge in [-0.15, -0.1) is 0 Å². The molecule has 4 nitrogen and oxygen atoms in total. The maximum absolute atomic E-state index is 10.9. The van der Waals surface area contributed by atoms with Crippen LogP contribution in [0.4, 0.5) is 0 Å². The Morgan fingerprint density at radius 1 is 1.33 bits per heavy atom. The van der Waals surface area contributed by atoms with Crippen molar-refractivity contribution < 1.29 is 5.11 Å². The molecular formula is C17H31N3O. The van der Waals surface area contributed by atoms with Crippen molar-refractivity contribution in [1.82, 2.24) is 14.8 Å². The first kappa shape index (κ1) is 16.5. The third kappa shape index (κ3) is 4.29. The zero-order valence-corrected chi connectivity index (χ0v) is 14.3. The topological polar surface area (TPSA) is 50.9 Å². The molecule has 0 bridgehead atoms. The summed E-state index contributed by atoms with van der Waals surface area (Å²) >= 11 is 0. The molecule has 4 heteroatoms. The van der Waals surface area contributed by atoms with Gasteiger partial charge in [0, 0.05) is 13.0 Å². The van der Waals surface area contributed by atoms with Crippen molar-refractivity contribution >= 4 is 0 Å². The summed E-state index contributed by atoms with van der Waals surface area (Å²) in [6.45, 7) is 12.1. The molecule has 0 aliphatic heterocycles. The minimum absolute atomic E-state index is 0.346. The Morgan fingerprint density at radius 2 is 1.95 bits per heavy atom. The van der Waals surface area contributed by atoms with E-state index >= 15 is 0 Å². The molecule has 0 saturated heterocycles. The maximum atomic E-state index is 10.9. The van der Waals surface area contributed by atoms with E-state index in [4.69, 9.17) is 0 Å². The molecule has 2 rings (SSSR count). The zero-order valence-electron chi connectivity index (χ0n) is 14.3. The molecule has 21 heavy (non-hydrogen) atoms. The van der Waals surface area contributed by atoms with Gasteiger partial charge in [-0.2, -0.15) is 5.10 Å². The van der Waals surface area contributed by atoms with E-state index in [0.717, 1.165) is 38.1 Å². The molecule has 1 aliphatic carbocycles. The van der Waals surface area contributed by atoms with Crippen molar-refractivity contribution in [3.8, 4) is 0 Å². The van der Waals surface area contributed by atoms with Crippen LogP contribution in [0.5, 0.6) is 0 Å². The number of aliphatic hydroxyl groups is 1. The SMILES string of the molecule is CC(C)Cn1ncnc1CC1(O)CCC(C(C)(C)C)CC1. The molecule has 1 heterocycles. The number of aromatic nitrogens is 3. The van der Waals surface area contributed by atoms with E-state index in [9.17, 15) is 5.11 Å². The quantitative estimate of drug-likeness (QED) is 0.925. The van der Waals surface area contributed by atoms with Crippen molar-refractivity contribution in [2.24, 2.45) is 17.3 Å². The second-order valence-electron chi connectivity index (χ2n) is 8.29. The lowest BCUT2D eigenvalue weighted by atomic mass is 9.67. The van der Waals surface area contributed by atoms with E-state index in [-0.39, 0.29) is 0 Å². The van der Waals surface area contributed by atoms with Gasteiger partial charge in [-0.25, -0.2) is 9.67 Å². The van der Waals surface area contributed by atoms with E-state index in [0.29, 0.717) is 23.7 Å². The van der Waals surface area contributed by atoms with Crippen LogP contribution in [0.15, 0.2) is 6.33 Å². The van der Waals surface area contributed by atoms with Gasteiger partial charge >= 0.3 is 0 Å². The van der Waals surface area contributed by atoms with Crippen molar-refractivity contribution in [1.29, 1.82) is 0 Å². The predicted molar refractivity (Wildman–Crippen MR) is 84.9 cm³/mol. The van der Waals surface area contributed by atoms with Gasteiger partial charge in [0.05, 0.1) is 5.60 Å². The van der Waals surface area contributed by atoms with Gasteiger partial charge < -0.3 is 5.11 Å². The molecule has 1 fully saturated rings. The monoisotopic (exact) mass is 293 g/mol. The van der Waals surface area contributed by atoms with Crippen LogP contribution in [0.1, 0.15) is 66.1 Å². The van der Waals surface area contributed by atoms with Crippen LogP contribution < -0.4 is 0 Å². The second kappa shape index (κ2) is 6.07. The average Bonchev–Trinajstić information content (AvgIpc) is 2.74. The number of hydrogen-bond acceptors (Lipinski definition) is 3. The van der Waals surface area contributed by atoms with Crippen molar-refractivity contribution in [3.63, 3.8) is 0 Å². The standard InChI is InChI=1S/C17H31N3O/c1-13(2)11-20-15(18-12-19-20)10-17(21)8-6-14(7-9-17)16(3,4)5/h12-14,21H,6-11H2,1-5H3. The third-order valence-electron chi connectivity index (χ3n) is 4.86. The molecule has 0 radical (unpaired) electrons. The number of nitrogens with zero attached hydrogens (tertiary/aromatic N) is 3. The molecule has 0 aromatic carbocycles. The van der Waals surface area contributed by atoms with Crippen LogP contribution in [-0.4, -0.2) is 25.5 Å². The Kier molecular flexibility index (Phi) is 4.76. The van der Waals surface area contributed by atoms with Gasteiger partial charge in [0.2, 0.25) is 0 Å². The van der Waals surface area contributed by atoms with Crippen LogP contribution in [-0.2, 0) is 13.0 Å². The summed E-state index contributed by atoms with van der Waals surface area (Å²) in [7, 11) is 0. The lowest BCUT2D eigenvalue weighted by Gasteiger charge is -2.41. The van der Waals surface area contributed by atoms with Crippen molar-refractivity contribution in [2.75, 3.05) is 0 Å². The van der Waals surface area contributed by atoms with E-state index in [1.807, 2.05) is 4.68 Å². The molecule has 1 saturated carbocycles. The maximum Gasteiger partial charge on any atom is 0.138 e. The van der Waals surface area contributed by atoms with Crippen LogP contribution >= 0.6 is 0 Å². The van der Waals surface area contributed by atoms with Crippen LogP contribution in [0.25, 0.3) is 0 Å². The zero-order chi connectivity index (χ0) is 15.7. The lowest BCUT2D eigenvalue weighted by Crippen LogP contribution is -2.40. The summed E-state index contributed by atoms with van der Waals surface area (Å²) < 4.78 is 1.96. The highest BCUT2D eigenvalue weighted by molar-refractivity contribution is 4.98. The first-order chi connectivity index (χ1) is 9.70. The fourth-order valence-electron chi connectivity index (χ4n) is 3.42. The Morgan fingerprint density at radius 3 is 2.48 bits per heavy atom. The predicted octanol–water partition coefficient (Wildman–Crippen LogP) is 3.44. The molecule has 0 spiro atoms. The summed E-state index contributed by atoms with van der Waals surface area (Å²) in [6, 6.07) is 0. The first-order valence-corrected chi connectivity index (χ1v) is 8.29. The Bertz CT molecular complexity index is 451. The molecule has 1 N–H and O–H groups in total. The van der Waals surface area contributed by atoms with E-state index in [1.165, 1.54) is 0 Å². The van der Waals surface area contributed by atoms with Crippen LogP contribution in [0.3, 0.4) is 0 Å². The van der Waals surface area contributed by atoms with Gasteiger partial charge in [-0.05, 0) is 42.9 Å². The molecule has 0 atom stereocenters. The summed E-state index contributed by atoms with van der Waals surface area (Å²) in [6.07, 6.45) is 6.22. The number of rotatable bonds is 4. The normalized spacial score (nSPS) is 27.3. The fourth-order valence-corrected chi connectivity index (χ4v) is 3.42. The highest BCUT2D eigenvalue weighted by Gasteiger charge is 2.38. The van der Waals surface area contributed by atoms with Crippen molar-refractivity contribution in [3.05, 3.63) is 12.2 Å². The van der Waals surface area contributed by atoms with Gasteiger partial charge in [0.25, 0.3) is 0 Å². The van der Waals surface area contributed by atoms with Gasteiger partial charge in [-0.3, -0.25) is 0 Å². The highest BCUT2D eigenvalue weighted by Crippen LogP contribution is 2.42. The third-order valence-corrected chi connectivity index (χ3v) is 4.86. The van der Waals surface area contributed by atoms with Crippen LogP contribution in [0.2, 0.25) is 0 Å². The summed E-state index contributed by atoms with van der Waals surface area (Å²) in [5, 5.41) is 15.2. The van der Waals surface area contributed by atoms with Gasteiger partial charge in [-0.1, -0.05) is 34.6 Å². The lowest BCUT2D eigenvalue weighted by molar-refractivity contribution is -0.0266.